The Morgan fingerprint density at radius 1 is 1.37 bits per heavy atom. The van der Waals surface area contributed by atoms with Crippen LogP contribution >= 0.6 is 11.3 Å². The van der Waals surface area contributed by atoms with Crippen molar-refractivity contribution < 1.29 is 13.5 Å². The van der Waals surface area contributed by atoms with E-state index in [-0.39, 0.29) is 10.8 Å². The Hall–Kier alpha value is -1.22. The van der Waals surface area contributed by atoms with E-state index in [1.807, 2.05) is 0 Å². The number of imidazole rings is 1. The van der Waals surface area contributed by atoms with Crippen LogP contribution < -0.4 is 4.72 Å². The fraction of sp³-hybridized carbons (Fsp3) is 0.364. The van der Waals surface area contributed by atoms with Crippen molar-refractivity contribution in [3.05, 3.63) is 35.2 Å². The van der Waals surface area contributed by atoms with E-state index in [0.29, 0.717) is 19.4 Å². The van der Waals surface area contributed by atoms with E-state index in [0.717, 1.165) is 10.7 Å². The molecule has 0 amide bonds. The van der Waals surface area contributed by atoms with E-state index >= 15 is 0 Å². The van der Waals surface area contributed by atoms with Gasteiger partial charge in [-0.05, 0) is 12.1 Å². The first-order chi connectivity index (χ1) is 9.12. The molecule has 0 bridgehead atoms. The molecule has 2 rings (SSSR count). The minimum absolute atomic E-state index is 0.0198. The molecule has 19 heavy (non-hydrogen) atoms. The molecule has 0 aliphatic rings. The van der Waals surface area contributed by atoms with Crippen molar-refractivity contribution in [1.29, 1.82) is 0 Å². The molecule has 0 aliphatic heterocycles. The van der Waals surface area contributed by atoms with Gasteiger partial charge in [-0.1, -0.05) is 0 Å². The zero-order chi connectivity index (χ0) is 13.7. The van der Waals surface area contributed by atoms with Crippen LogP contribution in [0.1, 0.15) is 10.7 Å². The molecular weight excluding hydrogens is 286 g/mol. The summed E-state index contributed by atoms with van der Waals surface area (Å²) < 4.78 is 26.8. The van der Waals surface area contributed by atoms with E-state index < -0.39 is 10.0 Å². The molecule has 0 saturated carbocycles. The van der Waals surface area contributed by atoms with Gasteiger partial charge in [0.15, 0.2) is 0 Å². The highest BCUT2D eigenvalue weighted by atomic mass is 32.2. The molecular formula is C11H15N3O3S2. The first-order valence-electron chi connectivity index (χ1n) is 5.79. The van der Waals surface area contributed by atoms with Gasteiger partial charge in [-0.2, -0.15) is 0 Å². The third-order valence-electron chi connectivity index (χ3n) is 2.47. The smallest absolute Gasteiger partial charge is 0.250 e. The second-order valence-electron chi connectivity index (χ2n) is 3.88. The molecule has 0 unspecified atom stereocenters. The lowest BCUT2D eigenvalue weighted by atomic mass is 10.4. The number of sulfonamides is 1. The molecule has 2 aromatic rings. The summed E-state index contributed by atoms with van der Waals surface area (Å²) in [4.78, 5) is 7.79. The van der Waals surface area contributed by atoms with Crippen LogP contribution in [-0.2, 0) is 22.9 Å². The first-order valence-corrected chi connectivity index (χ1v) is 8.09. The van der Waals surface area contributed by atoms with E-state index in [1.54, 1.807) is 24.5 Å². The van der Waals surface area contributed by atoms with Crippen molar-refractivity contribution in [2.45, 2.75) is 17.1 Å². The topological polar surface area (TPSA) is 95.1 Å². The van der Waals surface area contributed by atoms with Crippen molar-refractivity contribution in [1.82, 2.24) is 14.7 Å². The van der Waals surface area contributed by atoms with Gasteiger partial charge in [-0.15, -0.1) is 11.3 Å². The summed E-state index contributed by atoms with van der Waals surface area (Å²) in [5.74, 6) is 0.745. The van der Waals surface area contributed by atoms with E-state index in [4.69, 9.17) is 5.11 Å². The maximum atomic E-state index is 12.0. The molecule has 2 heterocycles. The van der Waals surface area contributed by atoms with Gasteiger partial charge in [0.1, 0.15) is 10.0 Å². The fourth-order valence-electron chi connectivity index (χ4n) is 1.56. The maximum Gasteiger partial charge on any atom is 0.250 e. The van der Waals surface area contributed by atoms with Gasteiger partial charge in [0, 0.05) is 43.3 Å². The number of aliphatic hydroxyl groups is 1. The van der Waals surface area contributed by atoms with Crippen LogP contribution in [-0.4, -0.2) is 36.6 Å². The molecule has 0 saturated heterocycles. The number of H-pyrrole nitrogens is 1. The Morgan fingerprint density at radius 2 is 2.21 bits per heavy atom. The zero-order valence-electron chi connectivity index (χ0n) is 10.2. The number of hydrogen-bond acceptors (Lipinski definition) is 5. The van der Waals surface area contributed by atoms with Crippen LogP contribution in [0.4, 0.5) is 0 Å². The van der Waals surface area contributed by atoms with Gasteiger partial charge < -0.3 is 10.1 Å². The molecule has 6 nitrogen and oxygen atoms in total. The van der Waals surface area contributed by atoms with Crippen LogP contribution in [0.2, 0.25) is 0 Å². The summed E-state index contributed by atoms with van der Waals surface area (Å²) in [6, 6.07) is 3.28. The van der Waals surface area contributed by atoms with Crippen molar-refractivity contribution in [3.63, 3.8) is 0 Å². The summed E-state index contributed by atoms with van der Waals surface area (Å²) >= 11 is 1.18. The van der Waals surface area contributed by atoms with Crippen molar-refractivity contribution in [3.8, 4) is 0 Å². The highest BCUT2D eigenvalue weighted by Crippen LogP contribution is 2.21. The molecule has 0 spiro atoms. The third-order valence-corrected chi connectivity index (χ3v) is 5.57. The molecule has 3 N–H and O–H groups in total. The van der Waals surface area contributed by atoms with Crippen LogP contribution in [0.5, 0.6) is 0 Å². The van der Waals surface area contributed by atoms with Crippen molar-refractivity contribution in [2.75, 3.05) is 13.2 Å². The zero-order valence-corrected chi connectivity index (χ0v) is 11.8. The number of aromatic amines is 1. The van der Waals surface area contributed by atoms with E-state index in [2.05, 4.69) is 14.7 Å². The van der Waals surface area contributed by atoms with Crippen LogP contribution in [0.3, 0.4) is 0 Å². The maximum absolute atomic E-state index is 12.0. The summed E-state index contributed by atoms with van der Waals surface area (Å²) in [5.41, 5.74) is 0. The number of thiophene rings is 1. The number of aliphatic hydroxyl groups excluding tert-OH is 1. The average molecular weight is 301 g/mol. The molecule has 0 fully saturated rings. The van der Waals surface area contributed by atoms with E-state index in [1.165, 1.54) is 11.3 Å². The minimum Gasteiger partial charge on any atom is -0.396 e. The molecule has 0 aliphatic carbocycles. The van der Waals surface area contributed by atoms with Gasteiger partial charge in [0.25, 0.3) is 0 Å². The quantitative estimate of drug-likeness (QED) is 0.695. The largest absolute Gasteiger partial charge is 0.396 e. The van der Waals surface area contributed by atoms with Gasteiger partial charge in [0.2, 0.25) is 10.0 Å². The summed E-state index contributed by atoms with van der Waals surface area (Å²) in [7, 11) is -3.47. The van der Waals surface area contributed by atoms with Gasteiger partial charge >= 0.3 is 0 Å². The molecule has 104 valence electrons. The van der Waals surface area contributed by atoms with Crippen molar-refractivity contribution >= 4 is 21.4 Å². The number of hydrogen-bond donors (Lipinski definition) is 3. The summed E-state index contributed by atoms with van der Waals surface area (Å²) in [6.07, 6.45) is 4.32. The highest BCUT2D eigenvalue weighted by Gasteiger charge is 2.16. The lowest BCUT2D eigenvalue weighted by Gasteiger charge is -2.03. The summed E-state index contributed by atoms with van der Waals surface area (Å²) in [5, 5.41) is 8.81. The molecule has 0 aromatic carbocycles. The van der Waals surface area contributed by atoms with Crippen molar-refractivity contribution in [2.24, 2.45) is 0 Å². The standard InChI is InChI=1S/C11H15N3O3S2/c15-8-4-9-1-2-11(18-9)19(16,17)14-5-3-10-12-6-7-13-10/h1-2,6-7,14-15H,3-5,8H2,(H,12,13). The second-order valence-corrected chi connectivity index (χ2v) is 7.04. The van der Waals surface area contributed by atoms with Crippen LogP contribution in [0, 0.1) is 0 Å². The Morgan fingerprint density at radius 3 is 2.89 bits per heavy atom. The normalized spacial score (nSPS) is 11.8. The first kappa shape index (κ1) is 14.2. The van der Waals surface area contributed by atoms with Crippen LogP contribution in [0.25, 0.3) is 0 Å². The lowest BCUT2D eigenvalue weighted by Crippen LogP contribution is -2.25. The molecule has 8 heteroatoms. The fourth-order valence-corrected chi connectivity index (χ4v) is 3.98. The minimum atomic E-state index is -3.47. The predicted octanol–water partition coefficient (Wildman–Crippen LogP) is 0.527. The Bertz CT molecular complexity index is 605. The molecule has 2 aromatic heterocycles. The number of nitrogens with zero attached hydrogens (tertiary/aromatic N) is 1. The van der Waals surface area contributed by atoms with E-state index in [9.17, 15) is 8.42 Å². The Balaban J connectivity index is 1.93. The second kappa shape index (κ2) is 6.29. The van der Waals surface area contributed by atoms with Gasteiger partial charge in [0.05, 0.1) is 0 Å². The Kier molecular flexibility index (Phi) is 4.70. The van der Waals surface area contributed by atoms with Gasteiger partial charge in [-0.25, -0.2) is 18.1 Å². The third kappa shape index (κ3) is 3.87. The van der Waals surface area contributed by atoms with Gasteiger partial charge in [-0.3, -0.25) is 0 Å². The predicted molar refractivity (Wildman–Crippen MR) is 72.6 cm³/mol. The number of aromatic nitrogens is 2. The SMILES string of the molecule is O=S(=O)(NCCc1ncc[nH]1)c1ccc(CCO)s1. The number of rotatable bonds is 7. The summed E-state index contributed by atoms with van der Waals surface area (Å²) in [6.45, 7) is 0.314. The monoisotopic (exact) mass is 301 g/mol. The van der Waals surface area contributed by atoms with Crippen LogP contribution in [0.15, 0.2) is 28.7 Å². The number of nitrogens with one attached hydrogen (secondary N) is 2. The highest BCUT2D eigenvalue weighted by molar-refractivity contribution is 7.91. The Labute approximate surface area is 115 Å². The molecule has 0 atom stereocenters. The average Bonchev–Trinajstić information content (AvgIpc) is 3.00. The molecule has 0 radical (unpaired) electrons. The lowest BCUT2D eigenvalue weighted by molar-refractivity contribution is 0.300.